The lowest BCUT2D eigenvalue weighted by Gasteiger charge is -2.32. The van der Waals surface area contributed by atoms with Crippen molar-refractivity contribution in [1.29, 1.82) is 5.26 Å². The van der Waals surface area contributed by atoms with Crippen molar-refractivity contribution in [1.82, 2.24) is 4.98 Å². The van der Waals surface area contributed by atoms with Gasteiger partial charge in [-0.3, -0.25) is 0 Å². The average molecular weight is 230 g/mol. The first-order valence-electron chi connectivity index (χ1n) is 6.15. The highest BCUT2D eigenvalue weighted by atomic mass is 15.2. The van der Waals surface area contributed by atoms with Gasteiger partial charge in [0.25, 0.3) is 0 Å². The van der Waals surface area contributed by atoms with Gasteiger partial charge in [0.2, 0.25) is 0 Å². The molecular weight excluding hydrogens is 212 g/mol. The van der Waals surface area contributed by atoms with Crippen LogP contribution in [0.25, 0.3) is 0 Å². The fraction of sp³-hybridized carbons (Fsp3) is 0.538. The van der Waals surface area contributed by atoms with Gasteiger partial charge in [-0.25, -0.2) is 4.98 Å². The summed E-state index contributed by atoms with van der Waals surface area (Å²) in [6.45, 7) is 3.97. The smallest absolute Gasteiger partial charge is 0.146 e. The molecule has 2 rings (SSSR count). The fourth-order valence-electron chi connectivity index (χ4n) is 2.16. The molecule has 0 unspecified atom stereocenters. The Balaban J connectivity index is 2.20. The molecule has 0 aromatic carbocycles. The van der Waals surface area contributed by atoms with Crippen molar-refractivity contribution >= 4 is 11.5 Å². The van der Waals surface area contributed by atoms with Crippen molar-refractivity contribution in [2.75, 3.05) is 23.7 Å². The molecular formula is C13H18N4. The van der Waals surface area contributed by atoms with E-state index in [4.69, 9.17) is 11.0 Å². The number of nitrogens with two attached hydrogens (primary N) is 1. The Morgan fingerprint density at radius 3 is 2.88 bits per heavy atom. The first kappa shape index (κ1) is 11.7. The Bertz CT molecular complexity index is 432. The van der Waals surface area contributed by atoms with Gasteiger partial charge in [0.1, 0.15) is 11.9 Å². The van der Waals surface area contributed by atoms with Gasteiger partial charge < -0.3 is 10.6 Å². The van der Waals surface area contributed by atoms with Crippen LogP contribution in [0.3, 0.4) is 0 Å². The summed E-state index contributed by atoms with van der Waals surface area (Å²) >= 11 is 0. The molecule has 1 aliphatic carbocycles. The van der Waals surface area contributed by atoms with Crippen LogP contribution in [0.15, 0.2) is 12.3 Å². The molecule has 1 aromatic heterocycles. The number of pyridine rings is 1. The molecule has 1 fully saturated rings. The Kier molecular flexibility index (Phi) is 3.48. The van der Waals surface area contributed by atoms with Crippen LogP contribution in [-0.4, -0.2) is 18.1 Å². The normalized spacial score (nSPS) is 15.1. The van der Waals surface area contributed by atoms with Gasteiger partial charge in [0.05, 0.1) is 17.4 Å². The van der Waals surface area contributed by atoms with Gasteiger partial charge in [-0.2, -0.15) is 5.26 Å². The molecule has 2 N–H and O–H groups in total. The molecule has 0 saturated heterocycles. The van der Waals surface area contributed by atoms with Crippen molar-refractivity contribution in [3.8, 4) is 6.07 Å². The van der Waals surface area contributed by atoms with E-state index in [0.29, 0.717) is 11.3 Å². The molecule has 0 amide bonds. The molecule has 17 heavy (non-hydrogen) atoms. The number of nitrogen functional groups attached to an aromatic ring is 1. The Morgan fingerprint density at radius 1 is 1.59 bits per heavy atom. The molecule has 1 heterocycles. The van der Waals surface area contributed by atoms with Gasteiger partial charge in [-0.1, -0.05) is 6.42 Å². The van der Waals surface area contributed by atoms with Crippen molar-refractivity contribution in [2.45, 2.75) is 26.2 Å². The van der Waals surface area contributed by atoms with Crippen molar-refractivity contribution in [3.05, 3.63) is 17.8 Å². The van der Waals surface area contributed by atoms with Crippen LogP contribution in [-0.2, 0) is 0 Å². The zero-order chi connectivity index (χ0) is 12.3. The minimum atomic E-state index is 0.546. The summed E-state index contributed by atoms with van der Waals surface area (Å²) in [6.07, 6.45) is 5.56. The van der Waals surface area contributed by atoms with Crippen LogP contribution in [0.2, 0.25) is 0 Å². The molecule has 0 radical (unpaired) electrons. The summed E-state index contributed by atoms with van der Waals surface area (Å²) in [5.74, 6) is 1.54. The summed E-state index contributed by atoms with van der Waals surface area (Å²) in [6, 6.07) is 3.88. The van der Waals surface area contributed by atoms with Crippen LogP contribution in [0, 0.1) is 17.2 Å². The van der Waals surface area contributed by atoms with Gasteiger partial charge >= 0.3 is 0 Å². The lowest BCUT2D eigenvalue weighted by molar-refractivity contribution is 0.318. The van der Waals surface area contributed by atoms with E-state index >= 15 is 0 Å². The van der Waals surface area contributed by atoms with E-state index in [2.05, 4.69) is 22.9 Å². The third-order valence-electron chi connectivity index (χ3n) is 3.39. The summed E-state index contributed by atoms with van der Waals surface area (Å²) in [7, 11) is 0. The summed E-state index contributed by atoms with van der Waals surface area (Å²) in [4.78, 5) is 6.49. The zero-order valence-corrected chi connectivity index (χ0v) is 10.2. The van der Waals surface area contributed by atoms with E-state index in [0.717, 1.165) is 24.8 Å². The number of nitriles is 1. The van der Waals surface area contributed by atoms with Crippen LogP contribution in [0.1, 0.15) is 31.7 Å². The van der Waals surface area contributed by atoms with Gasteiger partial charge in [-0.05, 0) is 31.7 Å². The number of hydrogen-bond acceptors (Lipinski definition) is 4. The van der Waals surface area contributed by atoms with E-state index < -0.39 is 0 Å². The minimum Gasteiger partial charge on any atom is -0.397 e. The van der Waals surface area contributed by atoms with Crippen molar-refractivity contribution in [2.24, 2.45) is 5.92 Å². The van der Waals surface area contributed by atoms with E-state index in [1.165, 1.54) is 19.3 Å². The maximum Gasteiger partial charge on any atom is 0.146 e. The zero-order valence-electron chi connectivity index (χ0n) is 10.2. The third-order valence-corrected chi connectivity index (χ3v) is 3.39. The molecule has 90 valence electrons. The molecule has 4 heteroatoms. The quantitative estimate of drug-likeness (QED) is 0.860. The number of nitrogens with zero attached hydrogens (tertiary/aromatic N) is 3. The Morgan fingerprint density at radius 2 is 2.35 bits per heavy atom. The van der Waals surface area contributed by atoms with Gasteiger partial charge in [-0.15, -0.1) is 0 Å². The predicted octanol–water partition coefficient (Wildman–Crippen LogP) is 2.16. The second-order valence-corrected chi connectivity index (χ2v) is 4.59. The highest BCUT2D eigenvalue weighted by Gasteiger charge is 2.22. The Hall–Kier alpha value is -1.76. The van der Waals surface area contributed by atoms with Gasteiger partial charge in [0, 0.05) is 13.1 Å². The second kappa shape index (κ2) is 5.05. The molecule has 1 aliphatic rings. The molecule has 0 spiro atoms. The first-order valence-corrected chi connectivity index (χ1v) is 6.15. The van der Waals surface area contributed by atoms with E-state index in [-0.39, 0.29) is 0 Å². The monoisotopic (exact) mass is 230 g/mol. The predicted molar refractivity (Wildman–Crippen MR) is 68.6 cm³/mol. The third kappa shape index (κ3) is 2.50. The number of rotatable bonds is 4. The van der Waals surface area contributed by atoms with Crippen molar-refractivity contribution in [3.63, 3.8) is 0 Å². The number of hydrogen-bond donors (Lipinski definition) is 1. The fourth-order valence-corrected chi connectivity index (χ4v) is 2.16. The maximum atomic E-state index is 9.12. The maximum absolute atomic E-state index is 9.12. The lowest BCUT2D eigenvalue weighted by atomic mass is 9.85. The highest BCUT2D eigenvalue weighted by molar-refractivity contribution is 5.58. The molecule has 4 nitrogen and oxygen atoms in total. The average Bonchev–Trinajstić information content (AvgIpc) is 2.29. The van der Waals surface area contributed by atoms with E-state index in [1.54, 1.807) is 12.3 Å². The summed E-state index contributed by atoms with van der Waals surface area (Å²) in [5.41, 5.74) is 6.77. The molecule has 0 aliphatic heterocycles. The minimum absolute atomic E-state index is 0.546. The molecule has 1 saturated carbocycles. The summed E-state index contributed by atoms with van der Waals surface area (Å²) < 4.78 is 0. The van der Waals surface area contributed by atoms with E-state index in [1.807, 2.05) is 0 Å². The lowest BCUT2D eigenvalue weighted by Crippen LogP contribution is -2.33. The largest absolute Gasteiger partial charge is 0.397 e. The van der Waals surface area contributed by atoms with Crippen LogP contribution in [0.5, 0.6) is 0 Å². The second-order valence-electron chi connectivity index (χ2n) is 4.59. The topological polar surface area (TPSA) is 65.9 Å². The number of aromatic nitrogens is 1. The first-order chi connectivity index (χ1) is 8.24. The molecule has 0 atom stereocenters. The van der Waals surface area contributed by atoms with Gasteiger partial charge in [0.15, 0.2) is 0 Å². The summed E-state index contributed by atoms with van der Waals surface area (Å²) in [5, 5.41) is 9.12. The SMILES string of the molecule is CCN(CC1CCC1)c1ncc(N)cc1C#N. The van der Waals surface area contributed by atoms with Crippen molar-refractivity contribution < 1.29 is 0 Å². The van der Waals surface area contributed by atoms with Crippen LogP contribution >= 0.6 is 0 Å². The van der Waals surface area contributed by atoms with Crippen LogP contribution in [0.4, 0.5) is 11.5 Å². The Labute approximate surface area is 102 Å². The van der Waals surface area contributed by atoms with Crippen LogP contribution < -0.4 is 10.6 Å². The standard InChI is InChI=1S/C13H18N4/c1-2-17(9-10-4-3-5-10)13-11(7-14)6-12(15)8-16-13/h6,8,10H,2-5,9,15H2,1H3. The highest BCUT2D eigenvalue weighted by Crippen LogP contribution is 2.29. The molecule has 0 bridgehead atoms. The number of anilines is 2. The molecule has 1 aromatic rings. The van der Waals surface area contributed by atoms with E-state index in [9.17, 15) is 0 Å².